The predicted octanol–water partition coefficient (Wildman–Crippen LogP) is 2.50. The standard InChI is InChI=1S/C17H17F2NO4/c18-10-6-11-13(21)8-14(24-15(11)12(19)7-10)16(22)20-9-17(23)4-2-1-3-5-17/h6-8,23H,1-5,9H2,(H,20,22). The number of hydrogen-bond acceptors (Lipinski definition) is 4. The molecule has 1 heterocycles. The minimum absolute atomic E-state index is 0.0273. The Kier molecular flexibility index (Phi) is 4.36. The molecule has 24 heavy (non-hydrogen) atoms. The fraction of sp³-hybridized carbons (Fsp3) is 0.412. The van der Waals surface area contributed by atoms with E-state index in [0.717, 1.165) is 31.4 Å². The van der Waals surface area contributed by atoms with Gasteiger partial charge >= 0.3 is 0 Å². The molecule has 0 aliphatic heterocycles. The van der Waals surface area contributed by atoms with E-state index in [9.17, 15) is 23.5 Å². The van der Waals surface area contributed by atoms with Crippen LogP contribution < -0.4 is 10.7 Å². The summed E-state index contributed by atoms with van der Waals surface area (Å²) >= 11 is 0. The largest absolute Gasteiger partial charge is 0.448 e. The van der Waals surface area contributed by atoms with Gasteiger partial charge in [0.2, 0.25) is 0 Å². The van der Waals surface area contributed by atoms with Crippen LogP contribution in [0.1, 0.15) is 42.7 Å². The summed E-state index contributed by atoms with van der Waals surface area (Å²) < 4.78 is 32.1. The summed E-state index contributed by atoms with van der Waals surface area (Å²) in [6.07, 6.45) is 3.99. The van der Waals surface area contributed by atoms with E-state index in [-0.39, 0.29) is 17.7 Å². The third-order valence-electron chi connectivity index (χ3n) is 4.33. The van der Waals surface area contributed by atoms with E-state index in [4.69, 9.17) is 4.42 Å². The maximum atomic E-state index is 13.8. The van der Waals surface area contributed by atoms with Crippen molar-refractivity contribution in [3.05, 3.63) is 45.8 Å². The Balaban J connectivity index is 1.84. The van der Waals surface area contributed by atoms with Crippen molar-refractivity contribution in [2.75, 3.05) is 6.54 Å². The van der Waals surface area contributed by atoms with Crippen molar-refractivity contribution in [2.45, 2.75) is 37.7 Å². The van der Waals surface area contributed by atoms with Crippen LogP contribution in [0.3, 0.4) is 0 Å². The van der Waals surface area contributed by atoms with Gasteiger partial charge in [-0.3, -0.25) is 9.59 Å². The zero-order valence-corrected chi connectivity index (χ0v) is 12.9. The fourth-order valence-electron chi connectivity index (χ4n) is 3.01. The summed E-state index contributed by atoms with van der Waals surface area (Å²) in [4.78, 5) is 24.1. The molecule has 1 aromatic heterocycles. The Hall–Kier alpha value is -2.28. The van der Waals surface area contributed by atoms with Crippen LogP contribution in [0, 0.1) is 11.6 Å². The molecule has 1 amide bonds. The molecule has 5 nitrogen and oxygen atoms in total. The molecule has 0 unspecified atom stereocenters. The van der Waals surface area contributed by atoms with Gasteiger partial charge in [0.1, 0.15) is 5.82 Å². The minimum atomic E-state index is -1.05. The summed E-state index contributed by atoms with van der Waals surface area (Å²) in [5.74, 6) is -3.05. The first-order chi connectivity index (χ1) is 11.4. The highest BCUT2D eigenvalue weighted by atomic mass is 19.1. The zero-order chi connectivity index (χ0) is 17.3. The quantitative estimate of drug-likeness (QED) is 0.902. The van der Waals surface area contributed by atoms with Crippen molar-refractivity contribution in [3.8, 4) is 0 Å². The molecule has 0 spiro atoms. The number of fused-ring (bicyclic) bond motifs is 1. The van der Waals surface area contributed by atoms with Crippen LogP contribution in [0.2, 0.25) is 0 Å². The summed E-state index contributed by atoms with van der Waals surface area (Å²) in [6.45, 7) is 0.0273. The lowest BCUT2D eigenvalue weighted by molar-refractivity contribution is 0.00502. The third-order valence-corrected chi connectivity index (χ3v) is 4.33. The molecule has 0 radical (unpaired) electrons. The van der Waals surface area contributed by atoms with Gasteiger partial charge in [-0.05, 0) is 18.9 Å². The van der Waals surface area contributed by atoms with E-state index in [2.05, 4.69) is 5.32 Å². The van der Waals surface area contributed by atoms with E-state index in [1.807, 2.05) is 0 Å². The van der Waals surface area contributed by atoms with Gasteiger partial charge in [-0.2, -0.15) is 0 Å². The van der Waals surface area contributed by atoms with Crippen LogP contribution in [0.25, 0.3) is 11.0 Å². The maximum Gasteiger partial charge on any atom is 0.287 e. The van der Waals surface area contributed by atoms with Gasteiger partial charge < -0.3 is 14.8 Å². The van der Waals surface area contributed by atoms with Crippen molar-refractivity contribution in [1.82, 2.24) is 5.32 Å². The van der Waals surface area contributed by atoms with Crippen molar-refractivity contribution < 1.29 is 23.1 Å². The highest BCUT2D eigenvalue weighted by molar-refractivity contribution is 5.93. The summed E-state index contributed by atoms with van der Waals surface area (Å²) in [7, 11) is 0. The van der Waals surface area contributed by atoms with Gasteiger partial charge in [-0.15, -0.1) is 0 Å². The van der Waals surface area contributed by atoms with Gasteiger partial charge in [0.15, 0.2) is 22.6 Å². The summed E-state index contributed by atoms with van der Waals surface area (Å²) in [5.41, 5.74) is -2.15. The molecule has 3 rings (SSSR count). The van der Waals surface area contributed by atoms with Crippen molar-refractivity contribution in [2.24, 2.45) is 0 Å². The number of carbonyl (C=O) groups is 1. The van der Waals surface area contributed by atoms with E-state index in [0.29, 0.717) is 18.9 Å². The molecule has 0 saturated heterocycles. The van der Waals surface area contributed by atoms with Crippen LogP contribution in [0.5, 0.6) is 0 Å². The first-order valence-electron chi connectivity index (χ1n) is 7.81. The van der Waals surface area contributed by atoms with Crippen molar-refractivity contribution >= 4 is 16.9 Å². The van der Waals surface area contributed by atoms with Gasteiger partial charge in [0.25, 0.3) is 5.91 Å². The number of nitrogens with one attached hydrogen (secondary N) is 1. The van der Waals surface area contributed by atoms with Crippen LogP contribution in [0.15, 0.2) is 27.4 Å². The normalized spacial score (nSPS) is 17.0. The van der Waals surface area contributed by atoms with Crippen LogP contribution in [0.4, 0.5) is 8.78 Å². The minimum Gasteiger partial charge on any atom is -0.448 e. The van der Waals surface area contributed by atoms with E-state index < -0.39 is 34.2 Å². The van der Waals surface area contributed by atoms with Crippen molar-refractivity contribution in [1.29, 1.82) is 0 Å². The molecule has 128 valence electrons. The van der Waals surface area contributed by atoms with Gasteiger partial charge in [-0.1, -0.05) is 19.3 Å². The number of halogens is 2. The first-order valence-corrected chi connectivity index (χ1v) is 7.81. The maximum absolute atomic E-state index is 13.8. The Morgan fingerprint density at radius 2 is 1.92 bits per heavy atom. The molecule has 2 aromatic rings. The van der Waals surface area contributed by atoms with E-state index in [1.54, 1.807) is 0 Å². The summed E-state index contributed by atoms with van der Waals surface area (Å²) in [6, 6.07) is 2.33. The number of carbonyl (C=O) groups excluding carboxylic acids is 1. The molecule has 1 aromatic carbocycles. The Morgan fingerprint density at radius 3 is 2.62 bits per heavy atom. The lowest BCUT2D eigenvalue weighted by atomic mass is 9.85. The molecule has 0 atom stereocenters. The van der Waals surface area contributed by atoms with E-state index >= 15 is 0 Å². The molecule has 1 aliphatic rings. The van der Waals surface area contributed by atoms with Gasteiger partial charge in [0.05, 0.1) is 11.0 Å². The molecule has 1 aliphatic carbocycles. The molecule has 0 bridgehead atoms. The molecular formula is C17H17F2NO4. The van der Waals surface area contributed by atoms with Crippen LogP contribution in [-0.2, 0) is 0 Å². The number of benzene rings is 1. The molecular weight excluding hydrogens is 320 g/mol. The predicted molar refractivity (Wildman–Crippen MR) is 82.8 cm³/mol. The van der Waals surface area contributed by atoms with Crippen molar-refractivity contribution in [3.63, 3.8) is 0 Å². The topological polar surface area (TPSA) is 79.5 Å². The molecule has 7 heteroatoms. The second kappa shape index (κ2) is 6.32. The van der Waals surface area contributed by atoms with Crippen LogP contribution in [-0.4, -0.2) is 23.2 Å². The average Bonchev–Trinajstić information content (AvgIpc) is 2.54. The highest BCUT2D eigenvalue weighted by Crippen LogP contribution is 2.27. The highest BCUT2D eigenvalue weighted by Gasteiger charge is 2.30. The second-order valence-corrected chi connectivity index (χ2v) is 6.21. The SMILES string of the molecule is O=C(NCC1(O)CCCCC1)c1cc(=O)c2cc(F)cc(F)c2o1. The Morgan fingerprint density at radius 1 is 1.21 bits per heavy atom. The number of rotatable bonds is 3. The monoisotopic (exact) mass is 337 g/mol. The molecule has 1 saturated carbocycles. The average molecular weight is 337 g/mol. The van der Waals surface area contributed by atoms with Gasteiger partial charge in [0, 0.05) is 18.7 Å². The second-order valence-electron chi connectivity index (χ2n) is 6.21. The number of hydrogen-bond donors (Lipinski definition) is 2. The van der Waals surface area contributed by atoms with Crippen LogP contribution >= 0.6 is 0 Å². The smallest absolute Gasteiger partial charge is 0.287 e. The zero-order valence-electron chi connectivity index (χ0n) is 12.9. The first kappa shape index (κ1) is 16.6. The number of amides is 1. The molecule has 2 N–H and O–H groups in total. The Bertz CT molecular complexity index is 840. The lowest BCUT2D eigenvalue weighted by Gasteiger charge is -2.31. The number of aliphatic hydroxyl groups is 1. The summed E-state index contributed by atoms with van der Waals surface area (Å²) in [5, 5.41) is 12.6. The van der Waals surface area contributed by atoms with Gasteiger partial charge in [-0.25, -0.2) is 8.78 Å². The third kappa shape index (κ3) is 3.31. The fourth-order valence-corrected chi connectivity index (χ4v) is 3.01. The Labute approximate surface area is 136 Å². The van der Waals surface area contributed by atoms with E-state index in [1.165, 1.54) is 0 Å². The molecule has 1 fully saturated rings. The lowest BCUT2D eigenvalue weighted by Crippen LogP contribution is -2.44.